The average molecular weight is 448 g/mol. The van der Waals surface area contributed by atoms with Gasteiger partial charge in [-0.1, -0.05) is 18.2 Å². The van der Waals surface area contributed by atoms with E-state index in [2.05, 4.69) is 0 Å². The summed E-state index contributed by atoms with van der Waals surface area (Å²) in [4.78, 5) is 12.5. The van der Waals surface area contributed by atoms with Crippen molar-refractivity contribution in [2.24, 2.45) is 0 Å². The number of phenols is 2. The summed E-state index contributed by atoms with van der Waals surface area (Å²) in [6.45, 7) is -0.566. The molecule has 32 heavy (non-hydrogen) atoms. The number of allylic oxidation sites excluding steroid dienone is 1. The number of hydrogen-bond acceptors (Lipinski definition) is 10. The Kier molecular flexibility index (Phi) is 7.33. The molecular weight excluding hydrogens is 424 g/mol. The predicted octanol–water partition coefficient (Wildman–Crippen LogP) is 0.181. The lowest BCUT2D eigenvalue weighted by molar-refractivity contribution is -0.277. The number of aromatic hydroxyl groups is 2. The van der Waals surface area contributed by atoms with Crippen molar-refractivity contribution in [3.8, 4) is 23.0 Å². The lowest BCUT2D eigenvalue weighted by Gasteiger charge is -2.39. The van der Waals surface area contributed by atoms with E-state index in [1.807, 2.05) is 0 Å². The number of carbonyl (C=O) groups excluding carboxylic acids is 1. The molecule has 3 rings (SSSR count). The number of aliphatic hydroxyl groups is 4. The van der Waals surface area contributed by atoms with Crippen LogP contribution in [0.5, 0.6) is 23.0 Å². The molecule has 0 radical (unpaired) electrons. The fraction of sp³-hybridized carbons (Fsp3) is 0.318. The SMILES string of the molecule is COc1cc(O)cc(O)c1C(=O)C=Cc1ccc(O[C@@H]2O[C@H](CO)[C@@H](O)[C@H](O)[C@H]2O)cc1. The van der Waals surface area contributed by atoms with E-state index in [4.69, 9.17) is 14.2 Å². The van der Waals surface area contributed by atoms with Crippen LogP contribution in [0.4, 0.5) is 0 Å². The zero-order valence-electron chi connectivity index (χ0n) is 17.0. The van der Waals surface area contributed by atoms with Crippen LogP contribution in [0.3, 0.4) is 0 Å². The minimum Gasteiger partial charge on any atom is -0.508 e. The summed E-state index contributed by atoms with van der Waals surface area (Å²) >= 11 is 0. The first-order valence-corrected chi connectivity index (χ1v) is 9.64. The van der Waals surface area contributed by atoms with Crippen molar-refractivity contribution in [3.63, 3.8) is 0 Å². The molecule has 1 aliphatic rings. The average Bonchev–Trinajstić information content (AvgIpc) is 2.78. The molecule has 0 unspecified atom stereocenters. The van der Waals surface area contributed by atoms with Gasteiger partial charge < -0.3 is 44.8 Å². The van der Waals surface area contributed by atoms with Crippen molar-refractivity contribution < 1.29 is 49.6 Å². The van der Waals surface area contributed by atoms with E-state index in [0.717, 1.165) is 6.07 Å². The first kappa shape index (κ1) is 23.5. The van der Waals surface area contributed by atoms with E-state index in [9.17, 15) is 35.4 Å². The van der Waals surface area contributed by atoms with Crippen LogP contribution in [0.2, 0.25) is 0 Å². The minimum atomic E-state index is -1.55. The van der Waals surface area contributed by atoms with Gasteiger partial charge in [-0.3, -0.25) is 4.79 Å². The van der Waals surface area contributed by atoms with Crippen LogP contribution in [0.1, 0.15) is 15.9 Å². The van der Waals surface area contributed by atoms with Crippen molar-refractivity contribution in [2.45, 2.75) is 30.7 Å². The molecule has 2 aromatic carbocycles. The number of hydrogen-bond donors (Lipinski definition) is 6. The lowest BCUT2D eigenvalue weighted by atomic mass is 9.99. The van der Waals surface area contributed by atoms with E-state index in [1.165, 1.54) is 37.5 Å². The number of phenolic OH excluding ortho intramolecular Hbond substituents is 2. The molecule has 6 N–H and O–H groups in total. The first-order valence-electron chi connectivity index (χ1n) is 9.64. The van der Waals surface area contributed by atoms with Gasteiger partial charge in [0.15, 0.2) is 5.78 Å². The number of aliphatic hydroxyl groups excluding tert-OH is 4. The van der Waals surface area contributed by atoms with Gasteiger partial charge in [-0.15, -0.1) is 0 Å². The molecule has 0 aromatic heterocycles. The highest BCUT2D eigenvalue weighted by atomic mass is 16.7. The van der Waals surface area contributed by atoms with Gasteiger partial charge in [-0.05, 0) is 23.8 Å². The monoisotopic (exact) mass is 448 g/mol. The molecule has 1 fully saturated rings. The molecule has 1 heterocycles. The summed E-state index contributed by atoms with van der Waals surface area (Å²) in [7, 11) is 1.31. The van der Waals surface area contributed by atoms with Gasteiger partial charge in [0.1, 0.15) is 53.0 Å². The van der Waals surface area contributed by atoms with Crippen LogP contribution in [-0.4, -0.2) is 80.8 Å². The zero-order valence-corrected chi connectivity index (χ0v) is 17.0. The molecule has 2 aromatic rings. The zero-order chi connectivity index (χ0) is 23.4. The van der Waals surface area contributed by atoms with Crippen LogP contribution in [-0.2, 0) is 4.74 Å². The van der Waals surface area contributed by atoms with E-state index < -0.39 is 48.8 Å². The van der Waals surface area contributed by atoms with Crippen molar-refractivity contribution in [3.05, 3.63) is 53.6 Å². The summed E-state index contributed by atoms with van der Waals surface area (Å²) in [5.74, 6) is -0.897. The number of ketones is 1. The van der Waals surface area contributed by atoms with Gasteiger partial charge in [-0.2, -0.15) is 0 Å². The second kappa shape index (κ2) is 9.98. The summed E-state index contributed by atoms with van der Waals surface area (Å²) in [6, 6.07) is 8.53. The third kappa shape index (κ3) is 5.01. The van der Waals surface area contributed by atoms with Crippen molar-refractivity contribution >= 4 is 11.9 Å². The van der Waals surface area contributed by atoms with E-state index in [0.29, 0.717) is 5.56 Å². The fourth-order valence-electron chi connectivity index (χ4n) is 3.21. The van der Waals surface area contributed by atoms with Crippen molar-refractivity contribution in [1.29, 1.82) is 0 Å². The molecule has 0 saturated carbocycles. The van der Waals surface area contributed by atoms with Crippen LogP contribution in [0.25, 0.3) is 6.08 Å². The Labute approximate surface area is 183 Å². The smallest absolute Gasteiger partial charge is 0.229 e. The Hall–Kier alpha value is -3.15. The summed E-state index contributed by atoms with van der Waals surface area (Å²) in [5.41, 5.74) is 0.515. The maximum Gasteiger partial charge on any atom is 0.229 e. The van der Waals surface area contributed by atoms with Crippen molar-refractivity contribution in [1.82, 2.24) is 0 Å². The maximum absolute atomic E-state index is 12.5. The van der Waals surface area contributed by atoms with Crippen LogP contribution >= 0.6 is 0 Å². The normalized spacial score (nSPS) is 25.6. The number of rotatable bonds is 7. The highest BCUT2D eigenvalue weighted by molar-refractivity contribution is 6.10. The Bertz CT molecular complexity index is 969. The first-order chi connectivity index (χ1) is 15.2. The van der Waals surface area contributed by atoms with Gasteiger partial charge in [-0.25, -0.2) is 0 Å². The topological polar surface area (TPSA) is 166 Å². The molecule has 172 valence electrons. The van der Waals surface area contributed by atoms with Gasteiger partial charge in [0.05, 0.1) is 13.7 Å². The molecule has 0 amide bonds. The largest absolute Gasteiger partial charge is 0.508 e. The summed E-state index contributed by atoms with van der Waals surface area (Å²) in [5, 5.41) is 58.4. The summed E-state index contributed by atoms with van der Waals surface area (Å²) in [6.07, 6.45) is -4.23. The quantitative estimate of drug-likeness (QED) is 0.254. The molecule has 0 spiro atoms. The standard InChI is InChI=1S/C22H24O10/c1-30-16-9-12(24)8-15(26)18(16)14(25)7-4-11-2-5-13(6-3-11)31-22-21(29)20(28)19(27)17(10-23)32-22/h2-9,17,19-24,26-29H,10H2,1H3/t17-,19-,20+,21-,22-/m1/s1. The van der Waals surface area contributed by atoms with Gasteiger partial charge in [0, 0.05) is 12.1 Å². The Morgan fingerprint density at radius 2 is 1.75 bits per heavy atom. The Morgan fingerprint density at radius 3 is 2.38 bits per heavy atom. The highest BCUT2D eigenvalue weighted by Gasteiger charge is 2.44. The Balaban J connectivity index is 1.69. The van der Waals surface area contributed by atoms with Gasteiger partial charge in [0.25, 0.3) is 0 Å². The second-order valence-electron chi connectivity index (χ2n) is 7.12. The Morgan fingerprint density at radius 1 is 1.06 bits per heavy atom. The number of methoxy groups -OCH3 is 1. The number of ether oxygens (including phenoxy) is 3. The lowest BCUT2D eigenvalue weighted by Crippen LogP contribution is -2.60. The number of benzene rings is 2. The molecule has 1 aliphatic heterocycles. The van der Waals surface area contributed by atoms with E-state index >= 15 is 0 Å². The van der Waals surface area contributed by atoms with Gasteiger partial charge >= 0.3 is 0 Å². The minimum absolute atomic E-state index is 0.0282. The van der Waals surface area contributed by atoms with Crippen LogP contribution in [0, 0.1) is 0 Å². The molecule has 0 bridgehead atoms. The highest BCUT2D eigenvalue weighted by Crippen LogP contribution is 2.33. The predicted molar refractivity (Wildman–Crippen MR) is 111 cm³/mol. The van der Waals surface area contributed by atoms with E-state index in [-0.39, 0.29) is 22.8 Å². The molecule has 1 saturated heterocycles. The van der Waals surface area contributed by atoms with E-state index in [1.54, 1.807) is 12.1 Å². The third-order valence-electron chi connectivity index (χ3n) is 4.94. The molecule has 0 aliphatic carbocycles. The molecule has 5 atom stereocenters. The fourth-order valence-corrected chi connectivity index (χ4v) is 3.21. The second-order valence-corrected chi connectivity index (χ2v) is 7.12. The van der Waals surface area contributed by atoms with Gasteiger partial charge in [0.2, 0.25) is 6.29 Å². The number of carbonyl (C=O) groups is 1. The van der Waals surface area contributed by atoms with Crippen molar-refractivity contribution in [2.75, 3.05) is 13.7 Å². The summed E-state index contributed by atoms with van der Waals surface area (Å²) < 4.78 is 15.8. The third-order valence-corrected chi connectivity index (χ3v) is 4.94. The van der Waals surface area contributed by atoms with Crippen LogP contribution in [0.15, 0.2) is 42.5 Å². The molecule has 10 nitrogen and oxygen atoms in total. The molecular formula is C22H24O10. The molecule has 10 heteroatoms. The maximum atomic E-state index is 12.5. The van der Waals surface area contributed by atoms with Crippen LogP contribution < -0.4 is 9.47 Å².